The first-order valence-electron chi connectivity index (χ1n) is 6.36. The van der Waals surface area contributed by atoms with Crippen molar-refractivity contribution in [1.29, 1.82) is 0 Å². The molecule has 1 fully saturated rings. The molecule has 1 saturated heterocycles. The normalized spacial score (nSPS) is 18.9. The molecule has 0 bridgehead atoms. The van der Waals surface area contributed by atoms with Crippen LogP contribution in [0.4, 0.5) is 4.39 Å². The minimum absolute atomic E-state index is 0.00486. The molecule has 2 aromatic heterocycles. The van der Waals surface area contributed by atoms with E-state index in [2.05, 4.69) is 20.6 Å². The number of H-pyrrole nitrogens is 1. The molecule has 6 heteroatoms. The largest absolute Gasteiger partial charge is 0.354 e. The van der Waals surface area contributed by atoms with Crippen molar-refractivity contribution in [2.45, 2.75) is 25.4 Å². The lowest BCUT2D eigenvalue weighted by molar-refractivity contribution is -0.122. The highest BCUT2D eigenvalue weighted by Gasteiger charge is 2.21. The van der Waals surface area contributed by atoms with E-state index in [4.69, 9.17) is 0 Å². The predicted molar refractivity (Wildman–Crippen MR) is 68.9 cm³/mol. The van der Waals surface area contributed by atoms with Gasteiger partial charge in [-0.15, -0.1) is 0 Å². The van der Waals surface area contributed by atoms with Gasteiger partial charge in [-0.25, -0.2) is 4.39 Å². The number of carbonyl (C=O) groups is 1. The fraction of sp³-hybridized carbons (Fsp3) is 0.385. The molecule has 0 aliphatic carbocycles. The van der Waals surface area contributed by atoms with E-state index < -0.39 is 0 Å². The molecule has 3 rings (SSSR count). The van der Waals surface area contributed by atoms with E-state index in [1.54, 1.807) is 12.3 Å². The Kier molecular flexibility index (Phi) is 3.16. The van der Waals surface area contributed by atoms with E-state index in [-0.39, 0.29) is 17.8 Å². The molecule has 100 valence electrons. The fourth-order valence-corrected chi connectivity index (χ4v) is 2.38. The third-order valence-electron chi connectivity index (χ3n) is 3.37. The van der Waals surface area contributed by atoms with E-state index in [1.165, 1.54) is 6.20 Å². The lowest BCUT2D eigenvalue weighted by atomic mass is 10.2. The Morgan fingerprint density at radius 2 is 2.42 bits per heavy atom. The monoisotopic (exact) mass is 262 g/mol. The van der Waals surface area contributed by atoms with Crippen molar-refractivity contribution >= 4 is 16.8 Å². The second kappa shape index (κ2) is 4.97. The molecular formula is C13H15FN4O. The van der Waals surface area contributed by atoms with Gasteiger partial charge in [0.15, 0.2) is 5.82 Å². The highest BCUT2D eigenvalue weighted by molar-refractivity contribution is 5.82. The van der Waals surface area contributed by atoms with Crippen molar-refractivity contribution < 1.29 is 9.18 Å². The Morgan fingerprint density at radius 1 is 1.53 bits per heavy atom. The summed E-state index contributed by atoms with van der Waals surface area (Å²) in [6, 6.07) is 1.70. The van der Waals surface area contributed by atoms with Gasteiger partial charge in [-0.1, -0.05) is 0 Å². The Hall–Kier alpha value is -1.95. The Morgan fingerprint density at radius 3 is 3.16 bits per heavy atom. The number of hydrogen-bond donors (Lipinski definition) is 3. The van der Waals surface area contributed by atoms with E-state index in [9.17, 15) is 9.18 Å². The van der Waals surface area contributed by atoms with Gasteiger partial charge in [-0.3, -0.25) is 9.78 Å². The van der Waals surface area contributed by atoms with Gasteiger partial charge in [0.1, 0.15) is 0 Å². The van der Waals surface area contributed by atoms with Crippen molar-refractivity contribution in [3.8, 4) is 0 Å². The van der Waals surface area contributed by atoms with Crippen molar-refractivity contribution in [2.75, 3.05) is 6.54 Å². The Balaban J connectivity index is 1.68. The molecule has 2 aromatic rings. The number of fused-ring (bicyclic) bond motifs is 1. The fourth-order valence-electron chi connectivity index (χ4n) is 2.38. The van der Waals surface area contributed by atoms with Crippen molar-refractivity contribution in [2.24, 2.45) is 0 Å². The van der Waals surface area contributed by atoms with E-state index in [0.29, 0.717) is 17.4 Å². The maximum atomic E-state index is 13.5. The lowest BCUT2D eigenvalue weighted by Gasteiger charge is -2.09. The number of rotatable bonds is 3. The molecular weight excluding hydrogens is 247 g/mol. The molecule has 5 nitrogen and oxygen atoms in total. The molecule has 3 heterocycles. The summed E-state index contributed by atoms with van der Waals surface area (Å²) in [4.78, 5) is 18.6. The van der Waals surface area contributed by atoms with Crippen molar-refractivity contribution in [3.05, 3.63) is 30.0 Å². The minimum atomic E-state index is -0.382. The maximum Gasteiger partial charge on any atom is 0.237 e. The number of nitrogens with zero attached hydrogens (tertiary/aromatic N) is 1. The average molecular weight is 262 g/mol. The van der Waals surface area contributed by atoms with Crippen molar-refractivity contribution in [1.82, 2.24) is 20.6 Å². The number of nitrogens with one attached hydrogen (secondary N) is 3. The molecule has 0 radical (unpaired) electrons. The van der Waals surface area contributed by atoms with Gasteiger partial charge in [-0.05, 0) is 25.5 Å². The molecule has 3 N–H and O–H groups in total. The summed E-state index contributed by atoms with van der Waals surface area (Å²) >= 11 is 0. The highest BCUT2D eigenvalue weighted by atomic mass is 19.1. The van der Waals surface area contributed by atoms with Crippen LogP contribution < -0.4 is 10.6 Å². The van der Waals surface area contributed by atoms with Gasteiger partial charge in [0.2, 0.25) is 5.91 Å². The van der Waals surface area contributed by atoms with E-state index in [1.807, 2.05) is 0 Å². The topological polar surface area (TPSA) is 69.8 Å². The van der Waals surface area contributed by atoms with Crippen LogP contribution in [0, 0.1) is 5.82 Å². The second-order valence-corrected chi connectivity index (χ2v) is 4.75. The quantitative estimate of drug-likeness (QED) is 0.775. The molecule has 0 aromatic carbocycles. The summed E-state index contributed by atoms with van der Waals surface area (Å²) in [6.07, 6.45) is 4.67. The van der Waals surface area contributed by atoms with Crippen LogP contribution in [-0.2, 0) is 11.3 Å². The van der Waals surface area contributed by atoms with Gasteiger partial charge in [0.25, 0.3) is 0 Å². The number of hydrogen-bond acceptors (Lipinski definition) is 3. The minimum Gasteiger partial charge on any atom is -0.354 e. The maximum absolute atomic E-state index is 13.5. The van der Waals surface area contributed by atoms with Crippen LogP contribution in [0.25, 0.3) is 10.9 Å². The number of aromatic nitrogens is 2. The van der Waals surface area contributed by atoms with Crippen LogP contribution >= 0.6 is 0 Å². The summed E-state index contributed by atoms with van der Waals surface area (Å²) in [5, 5.41) is 6.69. The Bertz CT molecular complexity index is 604. The smallest absolute Gasteiger partial charge is 0.237 e. The van der Waals surface area contributed by atoms with Gasteiger partial charge < -0.3 is 15.6 Å². The summed E-state index contributed by atoms with van der Waals surface area (Å²) in [7, 11) is 0. The SMILES string of the molecule is O=C(NCc1cc2cncc(F)c2[nH]1)C1CCCN1. The van der Waals surface area contributed by atoms with Crippen LogP contribution in [0.3, 0.4) is 0 Å². The number of pyridine rings is 1. The molecule has 1 aliphatic heterocycles. The van der Waals surface area contributed by atoms with Crippen LogP contribution in [0.15, 0.2) is 18.5 Å². The molecule has 19 heavy (non-hydrogen) atoms. The molecule has 1 aliphatic rings. The number of carbonyl (C=O) groups excluding carboxylic acids is 1. The lowest BCUT2D eigenvalue weighted by Crippen LogP contribution is -2.40. The zero-order valence-electron chi connectivity index (χ0n) is 10.4. The van der Waals surface area contributed by atoms with E-state index >= 15 is 0 Å². The standard InChI is InChI=1S/C13H15FN4O/c14-10-7-15-5-8-4-9(18-12(8)10)6-17-13(19)11-2-1-3-16-11/h4-5,7,11,16,18H,1-3,6H2,(H,17,19). The molecule has 0 spiro atoms. The van der Waals surface area contributed by atoms with E-state index in [0.717, 1.165) is 25.1 Å². The summed E-state index contributed by atoms with van der Waals surface area (Å²) in [6.45, 7) is 1.26. The molecule has 1 amide bonds. The van der Waals surface area contributed by atoms with Gasteiger partial charge in [0.05, 0.1) is 24.3 Å². The van der Waals surface area contributed by atoms with Crippen LogP contribution in [-0.4, -0.2) is 28.5 Å². The highest BCUT2D eigenvalue weighted by Crippen LogP contribution is 2.16. The number of aromatic amines is 1. The van der Waals surface area contributed by atoms with Gasteiger partial charge in [0, 0.05) is 17.3 Å². The average Bonchev–Trinajstić information content (AvgIpc) is 3.05. The predicted octanol–water partition coefficient (Wildman–Crippen LogP) is 1.07. The van der Waals surface area contributed by atoms with Gasteiger partial charge in [-0.2, -0.15) is 0 Å². The summed E-state index contributed by atoms with van der Waals surface area (Å²) < 4.78 is 13.5. The zero-order chi connectivity index (χ0) is 13.2. The molecule has 1 unspecified atom stereocenters. The first-order valence-corrected chi connectivity index (χ1v) is 6.36. The molecule has 1 atom stereocenters. The second-order valence-electron chi connectivity index (χ2n) is 4.75. The Labute approximate surface area is 109 Å². The van der Waals surface area contributed by atoms with Crippen molar-refractivity contribution in [3.63, 3.8) is 0 Å². The van der Waals surface area contributed by atoms with Crippen LogP contribution in [0.1, 0.15) is 18.5 Å². The molecule has 0 saturated carbocycles. The van der Waals surface area contributed by atoms with Crippen LogP contribution in [0.5, 0.6) is 0 Å². The first-order chi connectivity index (χ1) is 9.24. The van der Waals surface area contributed by atoms with Crippen LogP contribution in [0.2, 0.25) is 0 Å². The third kappa shape index (κ3) is 2.44. The summed E-state index contributed by atoms with van der Waals surface area (Å²) in [5.41, 5.74) is 1.20. The summed E-state index contributed by atoms with van der Waals surface area (Å²) in [5.74, 6) is -0.387. The first kappa shape index (κ1) is 12.1. The third-order valence-corrected chi connectivity index (χ3v) is 3.37. The number of halogens is 1. The zero-order valence-corrected chi connectivity index (χ0v) is 10.4. The van der Waals surface area contributed by atoms with Gasteiger partial charge >= 0.3 is 0 Å². The number of amides is 1.